The van der Waals surface area contributed by atoms with Crippen LogP contribution in [0, 0.1) is 19.8 Å². The Morgan fingerprint density at radius 1 is 1.05 bits per heavy atom. The van der Waals surface area contributed by atoms with Gasteiger partial charge in [0.1, 0.15) is 17.7 Å². The van der Waals surface area contributed by atoms with Crippen LogP contribution in [0.2, 0.25) is 0 Å². The van der Waals surface area contributed by atoms with E-state index in [0.29, 0.717) is 5.56 Å². The van der Waals surface area contributed by atoms with Gasteiger partial charge >= 0.3 is 12.1 Å². The number of esters is 1. The smallest absolute Gasteiger partial charge is 0.408 e. The fourth-order valence-electron chi connectivity index (χ4n) is 4.20. The molecule has 0 bridgehead atoms. The first-order valence-electron chi connectivity index (χ1n) is 13.1. The second kappa shape index (κ2) is 12.9. The first-order valence-corrected chi connectivity index (χ1v) is 13.1. The fraction of sp³-hybridized carbons (Fsp3) is 0.643. The van der Waals surface area contributed by atoms with E-state index in [1.165, 1.54) is 0 Å². The molecule has 1 aromatic carbocycles. The maximum absolute atomic E-state index is 14.0. The molecule has 2 atom stereocenters. The summed E-state index contributed by atoms with van der Waals surface area (Å²) < 4.78 is 10.4. The van der Waals surface area contributed by atoms with Gasteiger partial charge in [-0.1, -0.05) is 43.2 Å². The third kappa shape index (κ3) is 9.37. The van der Waals surface area contributed by atoms with Crippen molar-refractivity contribution >= 4 is 23.9 Å². The highest BCUT2D eigenvalue weighted by atomic mass is 16.6. The minimum atomic E-state index is -0.914. The summed E-state index contributed by atoms with van der Waals surface area (Å²) in [7, 11) is 0. The minimum absolute atomic E-state index is 0.0331. The van der Waals surface area contributed by atoms with Crippen molar-refractivity contribution in [1.82, 2.24) is 15.5 Å². The highest BCUT2D eigenvalue weighted by Gasteiger charge is 2.44. The van der Waals surface area contributed by atoms with Gasteiger partial charge < -0.3 is 25.0 Å². The molecule has 9 heteroatoms. The predicted octanol–water partition coefficient (Wildman–Crippen LogP) is 3.95. The minimum Gasteiger partial charge on any atom is -0.466 e. The van der Waals surface area contributed by atoms with Gasteiger partial charge in [0.25, 0.3) is 0 Å². The Hall–Kier alpha value is -3.10. The van der Waals surface area contributed by atoms with E-state index in [0.717, 1.165) is 24.0 Å². The molecule has 37 heavy (non-hydrogen) atoms. The lowest BCUT2D eigenvalue weighted by atomic mass is 9.96. The Balaban J connectivity index is 2.40. The van der Waals surface area contributed by atoms with Gasteiger partial charge in [-0.15, -0.1) is 0 Å². The largest absolute Gasteiger partial charge is 0.466 e. The molecule has 2 rings (SSSR count). The fourth-order valence-corrected chi connectivity index (χ4v) is 4.20. The number of carbonyl (C=O) groups excluding carboxylic acids is 4. The van der Waals surface area contributed by atoms with Crippen LogP contribution in [0.25, 0.3) is 0 Å². The third-order valence-electron chi connectivity index (χ3n) is 5.82. The van der Waals surface area contributed by atoms with E-state index in [4.69, 9.17) is 9.47 Å². The first kappa shape index (κ1) is 30.1. The van der Waals surface area contributed by atoms with Gasteiger partial charge in [-0.25, -0.2) is 4.79 Å². The molecule has 0 spiro atoms. The van der Waals surface area contributed by atoms with Crippen molar-refractivity contribution in [2.45, 2.75) is 98.4 Å². The Morgan fingerprint density at radius 3 is 2.14 bits per heavy atom. The van der Waals surface area contributed by atoms with Gasteiger partial charge in [-0.3, -0.25) is 14.4 Å². The number of alkyl carbamates (subject to hydrolysis) is 1. The molecule has 0 aliphatic heterocycles. The van der Waals surface area contributed by atoms with E-state index in [-0.39, 0.29) is 43.3 Å². The van der Waals surface area contributed by atoms with E-state index >= 15 is 0 Å². The van der Waals surface area contributed by atoms with Crippen LogP contribution < -0.4 is 10.6 Å². The molecule has 1 aliphatic carbocycles. The molecule has 2 unspecified atom stereocenters. The molecule has 1 saturated carbocycles. The van der Waals surface area contributed by atoms with Crippen molar-refractivity contribution in [3.63, 3.8) is 0 Å². The number of ether oxygens (including phenoxy) is 2. The van der Waals surface area contributed by atoms with E-state index in [2.05, 4.69) is 10.6 Å². The number of carbonyl (C=O) groups is 4. The van der Waals surface area contributed by atoms with Gasteiger partial charge in [0.15, 0.2) is 0 Å². The summed E-state index contributed by atoms with van der Waals surface area (Å²) in [5.41, 5.74) is 1.90. The first-order chi connectivity index (χ1) is 17.2. The van der Waals surface area contributed by atoms with E-state index < -0.39 is 29.7 Å². The summed E-state index contributed by atoms with van der Waals surface area (Å²) in [4.78, 5) is 53.6. The standard InChI is InChI=1S/C28H43N3O6/c1-9-36-22(32)12-13-29-25(33)24(20-15-18(4)14-19(5)16-20)31(21-10-11-21)26(34)23(17(2)3)30-27(35)37-28(6,7)8/h14-17,21,23-24H,9-13H2,1-8H3,(H,29,33)(H,30,35). The van der Waals surface area contributed by atoms with Gasteiger partial charge in [-0.2, -0.15) is 0 Å². The number of hydrogen-bond donors (Lipinski definition) is 2. The summed E-state index contributed by atoms with van der Waals surface area (Å²) in [5, 5.41) is 5.55. The quantitative estimate of drug-likeness (QED) is 0.430. The van der Waals surface area contributed by atoms with Crippen LogP contribution in [0.3, 0.4) is 0 Å². The summed E-state index contributed by atoms with van der Waals surface area (Å²) in [5.74, 6) is -1.36. The average molecular weight is 518 g/mol. The Kier molecular flexibility index (Phi) is 10.5. The summed E-state index contributed by atoms with van der Waals surface area (Å²) in [6.45, 7) is 14.9. The predicted molar refractivity (Wildman–Crippen MR) is 141 cm³/mol. The zero-order valence-electron chi connectivity index (χ0n) is 23.5. The van der Waals surface area contributed by atoms with E-state index in [1.807, 2.05) is 45.9 Å². The SMILES string of the molecule is CCOC(=O)CCNC(=O)C(c1cc(C)cc(C)c1)N(C(=O)C(NC(=O)OC(C)(C)C)C(C)C)C1CC1. The molecule has 9 nitrogen and oxygen atoms in total. The maximum Gasteiger partial charge on any atom is 0.408 e. The number of amides is 3. The van der Waals surface area contributed by atoms with Crippen LogP contribution in [-0.4, -0.2) is 59.6 Å². The molecular formula is C28H43N3O6. The van der Waals surface area contributed by atoms with Crippen molar-refractivity contribution in [3.8, 4) is 0 Å². The van der Waals surface area contributed by atoms with Crippen LogP contribution in [0.4, 0.5) is 4.79 Å². The van der Waals surface area contributed by atoms with Crippen LogP contribution in [0.5, 0.6) is 0 Å². The molecule has 1 fully saturated rings. The van der Waals surface area contributed by atoms with Crippen molar-refractivity contribution in [3.05, 3.63) is 34.9 Å². The Morgan fingerprint density at radius 2 is 1.65 bits per heavy atom. The highest BCUT2D eigenvalue weighted by molar-refractivity contribution is 5.93. The monoisotopic (exact) mass is 517 g/mol. The van der Waals surface area contributed by atoms with E-state index in [9.17, 15) is 19.2 Å². The van der Waals surface area contributed by atoms with Crippen LogP contribution >= 0.6 is 0 Å². The highest BCUT2D eigenvalue weighted by Crippen LogP contribution is 2.36. The van der Waals surface area contributed by atoms with Crippen molar-refractivity contribution in [2.75, 3.05) is 13.2 Å². The zero-order chi connectivity index (χ0) is 27.9. The number of hydrogen-bond acceptors (Lipinski definition) is 6. The van der Waals surface area contributed by atoms with E-state index in [1.54, 1.807) is 32.6 Å². The summed E-state index contributed by atoms with van der Waals surface area (Å²) in [6, 6.07) is 3.88. The second-order valence-electron chi connectivity index (χ2n) is 11.0. The average Bonchev–Trinajstić information content (AvgIpc) is 3.58. The second-order valence-corrected chi connectivity index (χ2v) is 11.0. The number of nitrogens with one attached hydrogen (secondary N) is 2. The maximum atomic E-state index is 14.0. The molecule has 0 saturated heterocycles. The molecule has 1 aromatic rings. The molecule has 2 N–H and O–H groups in total. The summed E-state index contributed by atoms with van der Waals surface area (Å²) in [6.07, 6.45) is 0.878. The molecule has 0 heterocycles. The van der Waals surface area contributed by atoms with Crippen LogP contribution in [0.1, 0.15) is 83.5 Å². The lowest BCUT2D eigenvalue weighted by Crippen LogP contribution is -2.55. The molecule has 3 amide bonds. The van der Waals surface area contributed by atoms with Crippen LogP contribution in [0.15, 0.2) is 18.2 Å². The van der Waals surface area contributed by atoms with Gasteiger partial charge in [-0.05, 0) is 65.9 Å². The normalized spacial score (nSPS) is 14.9. The topological polar surface area (TPSA) is 114 Å². The lowest BCUT2D eigenvalue weighted by Gasteiger charge is -2.36. The number of rotatable bonds is 11. The lowest BCUT2D eigenvalue weighted by molar-refractivity contribution is -0.145. The molecule has 0 radical (unpaired) electrons. The molecule has 0 aromatic heterocycles. The van der Waals surface area contributed by atoms with Crippen molar-refractivity contribution in [2.24, 2.45) is 5.92 Å². The molecule has 206 valence electrons. The zero-order valence-corrected chi connectivity index (χ0v) is 23.5. The summed E-state index contributed by atoms with van der Waals surface area (Å²) >= 11 is 0. The Bertz CT molecular complexity index is 960. The third-order valence-corrected chi connectivity index (χ3v) is 5.82. The molecular weight excluding hydrogens is 474 g/mol. The molecule has 1 aliphatic rings. The van der Waals surface area contributed by atoms with Gasteiger partial charge in [0.05, 0.1) is 13.0 Å². The number of nitrogens with zero attached hydrogens (tertiary/aromatic N) is 1. The van der Waals surface area contributed by atoms with Crippen LogP contribution in [-0.2, 0) is 23.9 Å². The van der Waals surface area contributed by atoms with Crippen molar-refractivity contribution in [1.29, 1.82) is 0 Å². The van der Waals surface area contributed by atoms with Gasteiger partial charge in [0, 0.05) is 12.6 Å². The van der Waals surface area contributed by atoms with Gasteiger partial charge in [0.2, 0.25) is 11.8 Å². The number of benzene rings is 1. The number of aryl methyl sites for hydroxylation is 2. The Labute approximate surface area is 220 Å². The van der Waals surface area contributed by atoms with Crippen molar-refractivity contribution < 1.29 is 28.7 Å².